The first-order chi connectivity index (χ1) is 10.6. The number of carboxylic acids is 1. The van der Waals surface area contributed by atoms with E-state index < -0.39 is 5.97 Å². The van der Waals surface area contributed by atoms with E-state index in [1.807, 2.05) is 43.4 Å². The highest BCUT2D eigenvalue weighted by atomic mass is 16.4. The molecule has 0 amide bonds. The normalized spacial score (nSPS) is 11.2. The van der Waals surface area contributed by atoms with Gasteiger partial charge in [-0.1, -0.05) is 48.5 Å². The van der Waals surface area contributed by atoms with Crippen molar-refractivity contribution in [3.8, 4) is 0 Å². The van der Waals surface area contributed by atoms with Gasteiger partial charge in [0.15, 0.2) is 0 Å². The lowest BCUT2D eigenvalue weighted by Gasteiger charge is -2.16. The Labute approximate surface area is 128 Å². The van der Waals surface area contributed by atoms with Gasteiger partial charge in [0.25, 0.3) is 0 Å². The van der Waals surface area contributed by atoms with Crippen LogP contribution >= 0.6 is 0 Å². The van der Waals surface area contributed by atoms with E-state index in [9.17, 15) is 9.90 Å². The second-order valence-corrected chi connectivity index (χ2v) is 5.37. The Hall–Kier alpha value is -2.59. The van der Waals surface area contributed by atoms with Gasteiger partial charge >= 0.3 is 5.97 Å². The summed E-state index contributed by atoms with van der Waals surface area (Å²) in [6, 6.07) is 17.5. The molecule has 0 aliphatic rings. The summed E-state index contributed by atoms with van der Waals surface area (Å²) in [5.74, 6) is -1.000. The summed E-state index contributed by atoms with van der Waals surface area (Å²) in [5, 5.41) is 10.2. The molecule has 4 nitrogen and oxygen atoms in total. The van der Waals surface area contributed by atoms with Gasteiger partial charge in [0.05, 0.1) is 0 Å². The number of rotatable bonds is 5. The molecule has 2 aromatic carbocycles. The maximum Gasteiger partial charge on any atom is 0.372 e. The Kier molecular flexibility index (Phi) is 3.94. The number of benzene rings is 2. The lowest BCUT2D eigenvalue weighted by Crippen LogP contribution is -2.18. The molecule has 0 bridgehead atoms. The molecule has 0 saturated carbocycles. The van der Waals surface area contributed by atoms with Crippen molar-refractivity contribution in [2.24, 2.45) is 0 Å². The largest absolute Gasteiger partial charge is 0.475 e. The van der Waals surface area contributed by atoms with Crippen LogP contribution in [0.3, 0.4) is 0 Å². The third-order valence-electron chi connectivity index (χ3n) is 3.62. The molecule has 0 radical (unpaired) electrons. The highest BCUT2D eigenvalue weighted by Crippen LogP contribution is 2.27. The predicted octanol–water partition coefficient (Wildman–Crippen LogP) is 3.76. The SMILES string of the molecule is CN(Cc1ccccc1)Cc1c(C(=O)O)oc2ccccc12. The number of hydrogen-bond donors (Lipinski definition) is 1. The average molecular weight is 295 g/mol. The summed E-state index contributed by atoms with van der Waals surface area (Å²) in [6.07, 6.45) is 0. The summed E-state index contributed by atoms with van der Waals surface area (Å²) in [5.41, 5.74) is 2.53. The summed E-state index contributed by atoms with van der Waals surface area (Å²) in [6.45, 7) is 1.27. The van der Waals surface area contributed by atoms with Crippen molar-refractivity contribution in [3.63, 3.8) is 0 Å². The number of fused-ring (bicyclic) bond motifs is 1. The molecule has 0 atom stereocenters. The van der Waals surface area contributed by atoms with E-state index in [1.54, 1.807) is 6.07 Å². The van der Waals surface area contributed by atoms with Gasteiger partial charge in [0, 0.05) is 24.0 Å². The van der Waals surface area contributed by atoms with Crippen LogP contribution in [0.2, 0.25) is 0 Å². The maximum atomic E-state index is 11.4. The van der Waals surface area contributed by atoms with Crippen LogP contribution in [0.1, 0.15) is 21.7 Å². The highest BCUT2D eigenvalue weighted by molar-refractivity contribution is 5.95. The Morgan fingerprint density at radius 2 is 1.73 bits per heavy atom. The molecule has 0 spiro atoms. The lowest BCUT2D eigenvalue weighted by atomic mass is 10.1. The van der Waals surface area contributed by atoms with Gasteiger partial charge in [-0.15, -0.1) is 0 Å². The smallest absolute Gasteiger partial charge is 0.372 e. The fraction of sp³-hybridized carbons (Fsp3) is 0.167. The van der Waals surface area contributed by atoms with E-state index in [2.05, 4.69) is 17.0 Å². The number of para-hydroxylation sites is 1. The number of carbonyl (C=O) groups is 1. The molecular formula is C18H17NO3. The third kappa shape index (κ3) is 2.87. The monoisotopic (exact) mass is 295 g/mol. The van der Waals surface area contributed by atoms with Crippen LogP contribution in [-0.2, 0) is 13.1 Å². The van der Waals surface area contributed by atoms with Gasteiger partial charge in [-0.3, -0.25) is 4.90 Å². The Balaban J connectivity index is 1.89. The zero-order valence-electron chi connectivity index (χ0n) is 12.3. The van der Waals surface area contributed by atoms with Crippen LogP contribution in [0.4, 0.5) is 0 Å². The van der Waals surface area contributed by atoms with E-state index in [4.69, 9.17) is 4.42 Å². The molecule has 1 N–H and O–H groups in total. The summed E-state index contributed by atoms with van der Waals surface area (Å²) >= 11 is 0. The molecule has 112 valence electrons. The lowest BCUT2D eigenvalue weighted by molar-refractivity contribution is 0.0662. The minimum atomic E-state index is -1.03. The van der Waals surface area contributed by atoms with Crippen molar-refractivity contribution in [2.45, 2.75) is 13.1 Å². The Morgan fingerprint density at radius 3 is 2.45 bits per heavy atom. The van der Waals surface area contributed by atoms with Gasteiger partial charge in [-0.25, -0.2) is 4.79 Å². The van der Waals surface area contributed by atoms with Crippen molar-refractivity contribution in [1.29, 1.82) is 0 Å². The fourth-order valence-electron chi connectivity index (χ4n) is 2.65. The van der Waals surface area contributed by atoms with Crippen LogP contribution in [0.25, 0.3) is 11.0 Å². The zero-order valence-corrected chi connectivity index (χ0v) is 12.3. The number of nitrogens with zero attached hydrogens (tertiary/aromatic N) is 1. The molecule has 1 aromatic heterocycles. The van der Waals surface area contributed by atoms with Crippen LogP contribution in [0.5, 0.6) is 0 Å². The molecule has 1 heterocycles. The first kappa shape index (κ1) is 14.4. The summed E-state index contributed by atoms with van der Waals surface area (Å²) < 4.78 is 5.49. The molecule has 0 aliphatic heterocycles. The van der Waals surface area contributed by atoms with Gasteiger partial charge in [-0.05, 0) is 18.7 Å². The number of furan rings is 1. The van der Waals surface area contributed by atoms with E-state index in [-0.39, 0.29) is 5.76 Å². The van der Waals surface area contributed by atoms with E-state index in [0.717, 1.165) is 17.5 Å². The Bertz CT molecular complexity index is 792. The first-order valence-electron chi connectivity index (χ1n) is 7.11. The van der Waals surface area contributed by atoms with Crippen LogP contribution in [-0.4, -0.2) is 23.0 Å². The van der Waals surface area contributed by atoms with Gasteiger partial charge < -0.3 is 9.52 Å². The predicted molar refractivity (Wildman–Crippen MR) is 84.8 cm³/mol. The number of aromatic carboxylic acids is 1. The van der Waals surface area contributed by atoms with Gasteiger partial charge in [0.1, 0.15) is 5.58 Å². The molecule has 0 saturated heterocycles. The number of carboxylic acid groups (broad SMARTS) is 1. The minimum absolute atomic E-state index is 0.0288. The van der Waals surface area contributed by atoms with E-state index in [1.165, 1.54) is 5.56 Å². The second-order valence-electron chi connectivity index (χ2n) is 5.37. The Morgan fingerprint density at radius 1 is 1.05 bits per heavy atom. The summed E-state index contributed by atoms with van der Waals surface area (Å²) in [4.78, 5) is 13.5. The zero-order chi connectivity index (χ0) is 15.5. The fourth-order valence-corrected chi connectivity index (χ4v) is 2.65. The standard InChI is InChI=1S/C18H17NO3/c1-19(11-13-7-3-2-4-8-13)12-15-14-9-5-6-10-16(14)22-17(15)18(20)21/h2-10H,11-12H2,1H3,(H,20,21). The van der Waals surface area contributed by atoms with Crippen molar-refractivity contribution >= 4 is 16.9 Å². The van der Waals surface area contributed by atoms with Crippen molar-refractivity contribution in [1.82, 2.24) is 4.90 Å². The van der Waals surface area contributed by atoms with Crippen molar-refractivity contribution in [2.75, 3.05) is 7.05 Å². The third-order valence-corrected chi connectivity index (χ3v) is 3.62. The highest BCUT2D eigenvalue weighted by Gasteiger charge is 2.20. The van der Waals surface area contributed by atoms with Crippen LogP contribution in [0.15, 0.2) is 59.0 Å². The first-order valence-corrected chi connectivity index (χ1v) is 7.11. The molecule has 0 fully saturated rings. The van der Waals surface area contributed by atoms with Gasteiger partial charge in [-0.2, -0.15) is 0 Å². The van der Waals surface area contributed by atoms with E-state index >= 15 is 0 Å². The molecule has 3 aromatic rings. The van der Waals surface area contributed by atoms with Crippen LogP contribution < -0.4 is 0 Å². The molecule has 3 rings (SSSR count). The second kappa shape index (κ2) is 6.03. The molecule has 0 aliphatic carbocycles. The molecule has 0 unspecified atom stereocenters. The average Bonchev–Trinajstić information content (AvgIpc) is 2.87. The summed E-state index contributed by atoms with van der Waals surface area (Å²) in [7, 11) is 1.97. The quantitative estimate of drug-likeness (QED) is 0.778. The molecular weight excluding hydrogens is 278 g/mol. The number of hydrogen-bond acceptors (Lipinski definition) is 3. The minimum Gasteiger partial charge on any atom is -0.475 e. The molecule has 22 heavy (non-hydrogen) atoms. The van der Waals surface area contributed by atoms with Crippen LogP contribution in [0, 0.1) is 0 Å². The van der Waals surface area contributed by atoms with Crippen molar-refractivity contribution in [3.05, 3.63) is 71.5 Å². The van der Waals surface area contributed by atoms with Gasteiger partial charge in [0.2, 0.25) is 5.76 Å². The molecule has 4 heteroatoms. The topological polar surface area (TPSA) is 53.7 Å². The maximum absolute atomic E-state index is 11.4. The van der Waals surface area contributed by atoms with Crippen molar-refractivity contribution < 1.29 is 14.3 Å². The van der Waals surface area contributed by atoms with E-state index in [0.29, 0.717) is 12.1 Å².